The van der Waals surface area contributed by atoms with E-state index in [1.807, 2.05) is 23.1 Å². The molecule has 5 heteroatoms. The first-order valence-corrected chi connectivity index (χ1v) is 10.1. The fourth-order valence-electron chi connectivity index (χ4n) is 4.66. The Morgan fingerprint density at radius 1 is 1.19 bits per heavy atom. The lowest BCUT2D eigenvalue weighted by Gasteiger charge is -2.48. The largest absolute Gasteiger partial charge is 0.342 e. The highest BCUT2D eigenvalue weighted by atomic mass is 16.2. The second-order valence-corrected chi connectivity index (χ2v) is 8.45. The summed E-state index contributed by atoms with van der Waals surface area (Å²) in [6.45, 7) is 3.50. The van der Waals surface area contributed by atoms with Crippen molar-refractivity contribution in [2.75, 3.05) is 26.2 Å². The number of likely N-dealkylation sites (tertiary alicyclic amines) is 2. The molecule has 2 aliphatic heterocycles. The standard InChI is InChI=1S/C21H29N3O2/c25-19-7-8-21(16-24(19)15-17-4-3-5-17)9-12-23(13-10-21)20(26)14-18-6-1-2-11-22-18/h1-2,6,11,17H,3-5,7-10,12-16H2. The van der Waals surface area contributed by atoms with E-state index in [1.54, 1.807) is 6.20 Å². The average Bonchev–Trinajstić information content (AvgIpc) is 2.62. The number of aromatic nitrogens is 1. The van der Waals surface area contributed by atoms with Gasteiger partial charge in [0.2, 0.25) is 11.8 Å². The lowest BCUT2D eigenvalue weighted by Crippen LogP contribution is -2.53. The third-order valence-electron chi connectivity index (χ3n) is 6.69. The first kappa shape index (κ1) is 17.5. The van der Waals surface area contributed by atoms with Crippen molar-refractivity contribution in [2.24, 2.45) is 11.3 Å². The summed E-state index contributed by atoms with van der Waals surface area (Å²) in [6, 6.07) is 5.71. The van der Waals surface area contributed by atoms with Gasteiger partial charge in [0, 0.05) is 44.5 Å². The quantitative estimate of drug-likeness (QED) is 0.834. The smallest absolute Gasteiger partial charge is 0.228 e. The molecule has 4 rings (SSSR count). The zero-order valence-electron chi connectivity index (χ0n) is 15.5. The van der Waals surface area contributed by atoms with Crippen molar-refractivity contribution in [2.45, 2.75) is 51.4 Å². The van der Waals surface area contributed by atoms with Gasteiger partial charge < -0.3 is 9.80 Å². The molecule has 1 aromatic rings. The van der Waals surface area contributed by atoms with E-state index in [4.69, 9.17) is 0 Å². The van der Waals surface area contributed by atoms with Crippen LogP contribution in [0.25, 0.3) is 0 Å². The van der Waals surface area contributed by atoms with E-state index in [1.165, 1.54) is 19.3 Å². The zero-order valence-corrected chi connectivity index (χ0v) is 15.5. The molecule has 140 valence electrons. The molecule has 0 aromatic carbocycles. The van der Waals surface area contributed by atoms with Crippen LogP contribution in [0.5, 0.6) is 0 Å². The summed E-state index contributed by atoms with van der Waals surface area (Å²) in [5, 5.41) is 0. The molecule has 26 heavy (non-hydrogen) atoms. The number of hydrogen-bond donors (Lipinski definition) is 0. The lowest BCUT2D eigenvalue weighted by atomic mass is 9.71. The molecule has 0 radical (unpaired) electrons. The lowest BCUT2D eigenvalue weighted by molar-refractivity contribution is -0.143. The summed E-state index contributed by atoms with van der Waals surface area (Å²) in [5.41, 5.74) is 1.08. The molecule has 3 aliphatic rings. The Balaban J connectivity index is 1.31. The van der Waals surface area contributed by atoms with Crippen LogP contribution in [-0.2, 0) is 16.0 Å². The molecule has 2 saturated heterocycles. The molecular weight excluding hydrogens is 326 g/mol. The maximum atomic E-state index is 12.6. The molecule has 0 N–H and O–H groups in total. The van der Waals surface area contributed by atoms with Crippen LogP contribution in [0.3, 0.4) is 0 Å². The van der Waals surface area contributed by atoms with E-state index in [9.17, 15) is 9.59 Å². The van der Waals surface area contributed by atoms with Crippen LogP contribution < -0.4 is 0 Å². The number of rotatable bonds is 4. The predicted molar refractivity (Wildman–Crippen MR) is 99.3 cm³/mol. The molecule has 0 bridgehead atoms. The van der Waals surface area contributed by atoms with Crippen LogP contribution in [0.2, 0.25) is 0 Å². The Hall–Kier alpha value is -1.91. The SMILES string of the molecule is O=C(Cc1ccccn1)N1CCC2(CCC(=O)N(CC3CCC3)C2)CC1. The number of carbonyl (C=O) groups is 2. The zero-order chi connectivity index (χ0) is 18.0. The molecule has 5 nitrogen and oxygen atoms in total. The summed E-state index contributed by atoms with van der Waals surface area (Å²) < 4.78 is 0. The first-order valence-electron chi connectivity index (χ1n) is 10.1. The Bertz CT molecular complexity index is 648. The molecule has 1 spiro atoms. The fourth-order valence-corrected chi connectivity index (χ4v) is 4.66. The van der Waals surface area contributed by atoms with Crippen molar-refractivity contribution in [3.8, 4) is 0 Å². The third-order valence-corrected chi connectivity index (χ3v) is 6.69. The van der Waals surface area contributed by atoms with Crippen LogP contribution in [0.15, 0.2) is 24.4 Å². The van der Waals surface area contributed by atoms with E-state index in [0.29, 0.717) is 18.7 Å². The van der Waals surface area contributed by atoms with E-state index in [-0.39, 0.29) is 11.3 Å². The third kappa shape index (κ3) is 3.76. The Morgan fingerprint density at radius 3 is 2.65 bits per heavy atom. The Morgan fingerprint density at radius 2 is 2.00 bits per heavy atom. The van der Waals surface area contributed by atoms with Crippen molar-refractivity contribution in [1.29, 1.82) is 0 Å². The van der Waals surface area contributed by atoms with Crippen LogP contribution in [-0.4, -0.2) is 52.8 Å². The maximum Gasteiger partial charge on any atom is 0.228 e. The van der Waals surface area contributed by atoms with Gasteiger partial charge in [-0.2, -0.15) is 0 Å². The molecule has 2 amide bonds. The van der Waals surface area contributed by atoms with Crippen molar-refractivity contribution in [3.63, 3.8) is 0 Å². The van der Waals surface area contributed by atoms with Gasteiger partial charge in [-0.15, -0.1) is 0 Å². The van der Waals surface area contributed by atoms with Gasteiger partial charge >= 0.3 is 0 Å². The van der Waals surface area contributed by atoms with Gasteiger partial charge in [0.15, 0.2) is 0 Å². The minimum absolute atomic E-state index is 0.178. The van der Waals surface area contributed by atoms with Crippen molar-refractivity contribution in [1.82, 2.24) is 14.8 Å². The summed E-state index contributed by atoms with van der Waals surface area (Å²) in [4.78, 5) is 33.3. The topological polar surface area (TPSA) is 53.5 Å². The second kappa shape index (κ2) is 7.37. The molecule has 3 heterocycles. The summed E-state index contributed by atoms with van der Waals surface area (Å²) >= 11 is 0. The van der Waals surface area contributed by atoms with E-state index < -0.39 is 0 Å². The normalized spacial score (nSPS) is 23.2. The second-order valence-electron chi connectivity index (χ2n) is 8.45. The average molecular weight is 355 g/mol. The van der Waals surface area contributed by atoms with E-state index in [0.717, 1.165) is 57.1 Å². The van der Waals surface area contributed by atoms with Crippen molar-refractivity contribution < 1.29 is 9.59 Å². The van der Waals surface area contributed by atoms with Gasteiger partial charge in [-0.25, -0.2) is 0 Å². The van der Waals surface area contributed by atoms with Gasteiger partial charge in [0.25, 0.3) is 0 Å². The number of hydrogen-bond acceptors (Lipinski definition) is 3. The first-order chi connectivity index (χ1) is 12.6. The van der Waals surface area contributed by atoms with Crippen LogP contribution in [0.1, 0.15) is 50.6 Å². The van der Waals surface area contributed by atoms with Crippen LogP contribution in [0.4, 0.5) is 0 Å². The number of amides is 2. The molecule has 1 aromatic heterocycles. The van der Waals surface area contributed by atoms with Gasteiger partial charge in [-0.1, -0.05) is 12.5 Å². The fraction of sp³-hybridized carbons (Fsp3) is 0.667. The Kier molecular flexibility index (Phi) is 4.96. The number of carbonyl (C=O) groups excluding carboxylic acids is 2. The maximum absolute atomic E-state index is 12.6. The molecule has 0 unspecified atom stereocenters. The highest BCUT2D eigenvalue weighted by Gasteiger charge is 2.42. The minimum Gasteiger partial charge on any atom is -0.342 e. The Labute approximate surface area is 155 Å². The highest BCUT2D eigenvalue weighted by molar-refractivity contribution is 5.79. The summed E-state index contributed by atoms with van der Waals surface area (Å²) in [6.07, 6.45) is 9.75. The molecule has 3 fully saturated rings. The van der Waals surface area contributed by atoms with Gasteiger partial charge in [0.1, 0.15) is 0 Å². The summed E-state index contributed by atoms with van der Waals surface area (Å²) in [5.74, 6) is 1.25. The predicted octanol–water partition coefficient (Wildman–Crippen LogP) is 2.66. The minimum atomic E-state index is 0.178. The molecule has 1 saturated carbocycles. The highest BCUT2D eigenvalue weighted by Crippen LogP contribution is 2.41. The van der Waals surface area contributed by atoms with Gasteiger partial charge in [0.05, 0.1) is 6.42 Å². The summed E-state index contributed by atoms with van der Waals surface area (Å²) in [7, 11) is 0. The molecular formula is C21H29N3O2. The van der Waals surface area contributed by atoms with Gasteiger partial charge in [-0.3, -0.25) is 14.6 Å². The number of pyridine rings is 1. The molecule has 0 atom stereocenters. The van der Waals surface area contributed by atoms with Crippen LogP contribution in [0, 0.1) is 11.3 Å². The molecule has 1 aliphatic carbocycles. The number of nitrogens with zero attached hydrogens (tertiary/aromatic N) is 3. The van der Waals surface area contributed by atoms with E-state index in [2.05, 4.69) is 9.88 Å². The van der Waals surface area contributed by atoms with Crippen molar-refractivity contribution in [3.05, 3.63) is 30.1 Å². The van der Waals surface area contributed by atoms with E-state index >= 15 is 0 Å². The van der Waals surface area contributed by atoms with Crippen LogP contribution >= 0.6 is 0 Å². The number of piperidine rings is 2. The van der Waals surface area contributed by atoms with Gasteiger partial charge in [-0.05, 0) is 55.6 Å². The monoisotopic (exact) mass is 355 g/mol. The van der Waals surface area contributed by atoms with Crippen molar-refractivity contribution >= 4 is 11.8 Å².